The maximum absolute atomic E-state index is 12.7. The first-order chi connectivity index (χ1) is 10.9. The Kier molecular flexibility index (Phi) is 5.56. The van der Waals surface area contributed by atoms with Crippen LogP contribution in [0.5, 0.6) is 0 Å². The van der Waals surface area contributed by atoms with Gasteiger partial charge in [0, 0.05) is 18.5 Å². The molecule has 0 aliphatic carbocycles. The lowest BCUT2D eigenvalue weighted by Crippen LogP contribution is -2.26. The smallest absolute Gasteiger partial charge is 0.338 e. The molecule has 23 heavy (non-hydrogen) atoms. The second kappa shape index (κ2) is 7.25. The van der Waals surface area contributed by atoms with Crippen molar-refractivity contribution in [3.05, 3.63) is 51.7 Å². The molecule has 2 aromatic rings. The lowest BCUT2D eigenvalue weighted by atomic mass is 10.2. The van der Waals surface area contributed by atoms with Crippen LogP contribution in [0.2, 0.25) is 0 Å². The van der Waals surface area contributed by atoms with Crippen molar-refractivity contribution in [3.63, 3.8) is 0 Å². The summed E-state index contributed by atoms with van der Waals surface area (Å²) in [6.07, 6.45) is 0. The first-order valence-corrected chi connectivity index (χ1v) is 9.44. The number of sulfonamides is 1. The zero-order chi connectivity index (χ0) is 17.0. The summed E-state index contributed by atoms with van der Waals surface area (Å²) in [7, 11) is -2.14. The zero-order valence-electron chi connectivity index (χ0n) is 13.3. The van der Waals surface area contributed by atoms with Crippen molar-refractivity contribution in [2.75, 3.05) is 13.7 Å². The van der Waals surface area contributed by atoms with Gasteiger partial charge in [0.1, 0.15) is 0 Å². The van der Waals surface area contributed by atoms with Crippen molar-refractivity contribution in [2.45, 2.75) is 25.3 Å². The number of rotatable bonds is 6. The van der Waals surface area contributed by atoms with Crippen LogP contribution >= 0.6 is 11.3 Å². The highest BCUT2D eigenvalue weighted by molar-refractivity contribution is 7.89. The van der Waals surface area contributed by atoms with Crippen molar-refractivity contribution in [2.24, 2.45) is 0 Å². The van der Waals surface area contributed by atoms with E-state index in [1.807, 2.05) is 18.4 Å². The van der Waals surface area contributed by atoms with E-state index in [9.17, 15) is 13.2 Å². The summed E-state index contributed by atoms with van der Waals surface area (Å²) in [4.78, 5) is 12.8. The molecule has 0 amide bonds. The molecule has 5 nitrogen and oxygen atoms in total. The summed E-state index contributed by atoms with van der Waals surface area (Å²) in [5.41, 5.74) is 1.30. The molecule has 0 aliphatic heterocycles. The van der Waals surface area contributed by atoms with Gasteiger partial charge < -0.3 is 4.74 Å². The highest BCUT2D eigenvalue weighted by Crippen LogP contribution is 2.22. The minimum atomic E-state index is -3.67. The number of carbonyl (C=O) groups excluding carboxylic acids is 1. The molecule has 1 heterocycles. The molecule has 0 aliphatic rings. The molecule has 0 N–H and O–H groups in total. The van der Waals surface area contributed by atoms with E-state index in [4.69, 9.17) is 4.74 Å². The number of nitrogens with zero attached hydrogens (tertiary/aromatic N) is 1. The van der Waals surface area contributed by atoms with Gasteiger partial charge in [-0.05, 0) is 49.1 Å². The Labute approximate surface area is 140 Å². The van der Waals surface area contributed by atoms with Crippen LogP contribution < -0.4 is 0 Å². The summed E-state index contributed by atoms with van der Waals surface area (Å²) < 4.78 is 31.6. The van der Waals surface area contributed by atoms with E-state index in [-0.39, 0.29) is 17.1 Å². The van der Waals surface area contributed by atoms with Crippen molar-refractivity contribution in [3.8, 4) is 0 Å². The second-order valence-corrected chi connectivity index (χ2v) is 8.08. The van der Waals surface area contributed by atoms with E-state index >= 15 is 0 Å². The van der Waals surface area contributed by atoms with Gasteiger partial charge in [0.25, 0.3) is 0 Å². The van der Waals surface area contributed by atoms with E-state index in [1.165, 1.54) is 34.8 Å². The predicted molar refractivity (Wildman–Crippen MR) is 90.1 cm³/mol. The molecule has 0 unspecified atom stereocenters. The molecule has 0 fully saturated rings. The molecule has 1 aromatic carbocycles. The Hall–Kier alpha value is -1.70. The zero-order valence-corrected chi connectivity index (χ0v) is 14.9. The molecule has 124 valence electrons. The van der Waals surface area contributed by atoms with Crippen molar-refractivity contribution in [1.82, 2.24) is 4.31 Å². The van der Waals surface area contributed by atoms with Crippen molar-refractivity contribution >= 4 is 27.3 Å². The Morgan fingerprint density at radius 2 is 2.04 bits per heavy atom. The van der Waals surface area contributed by atoms with Gasteiger partial charge >= 0.3 is 5.97 Å². The third kappa shape index (κ3) is 3.99. The minimum absolute atomic E-state index is 0.0831. The summed E-state index contributed by atoms with van der Waals surface area (Å²) in [5.74, 6) is -0.527. The summed E-state index contributed by atoms with van der Waals surface area (Å²) in [5, 5.41) is 1.94. The van der Waals surface area contributed by atoms with Crippen LogP contribution in [0, 0.1) is 6.92 Å². The molecule has 0 atom stereocenters. The number of thiophene rings is 1. The molecule has 0 radical (unpaired) electrons. The Morgan fingerprint density at radius 1 is 1.30 bits per heavy atom. The first-order valence-electron chi connectivity index (χ1n) is 7.12. The Balaban J connectivity index is 2.27. The third-order valence-corrected chi connectivity index (χ3v) is 6.19. The van der Waals surface area contributed by atoms with Gasteiger partial charge in [-0.25, -0.2) is 13.2 Å². The molecular formula is C16H19NO4S2. The number of aryl methyl sites for hydroxylation is 1. The number of hydrogen-bond acceptors (Lipinski definition) is 5. The first kappa shape index (κ1) is 17.7. The average Bonchev–Trinajstić information content (AvgIpc) is 2.92. The van der Waals surface area contributed by atoms with E-state index in [0.29, 0.717) is 6.54 Å². The fourth-order valence-corrected chi connectivity index (χ4v) is 4.26. The lowest BCUT2D eigenvalue weighted by molar-refractivity contribution is 0.0526. The summed E-state index contributed by atoms with van der Waals surface area (Å²) in [6, 6.07) is 7.88. The fraction of sp³-hybridized carbons (Fsp3) is 0.312. The fourth-order valence-electron chi connectivity index (χ4n) is 2.03. The molecule has 2 rings (SSSR count). The minimum Gasteiger partial charge on any atom is -0.462 e. The number of ether oxygens (including phenoxy) is 1. The molecule has 0 saturated heterocycles. The van der Waals surface area contributed by atoms with E-state index in [0.717, 1.165) is 10.4 Å². The van der Waals surface area contributed by atoms with Crippen LogP contribution in [0.15, 0.2) is 40.6 Å². The monoisotopic (exact) mass is 353 g/mol. The molecule has 0 saturated carbocycles. The molecular weight excluding hydrogens is 334 g/mol. The van der Waals surface area contributed by atoms with Crippen molar-refractivity contribution < 1.29 is 17.9 Å². The van der Waals surface area contributed by atoms with Crippen LogP contribution in [0.25, 0.3) is 0 Å². The van der Waals surface area contributed by atoms with Gasteiger partial charge in [-0.2, -0.15) is 4.31 Å². The normalized spacial score (nSPS) is 11.7. The molecule has 1 aromatic heterocycles. The SMILES string of the molecule is CCOC(=O)c1cccc(S(=O)(=O)N(C)Cc2sccc2C)c1. The Bertz CT molecular complexity index is 796. The van der Waals surface area contributed by atoms with Crippen LogP contribution in [-0.2, 0) is 21.3 Å². The van der Waals surface area contributed by atoms with Gasteiger partial charge in [0.05, 0.1) is 17.1 Å². The number of esters is 1. The maximum Gasteiger partial charge on any atom is 0.338 e. The second-order valence-electron chi connectivity index (χ2n) is 5.04. The topological polar surface area (TPSA) is 63.7 Å². The van der Waals surface area contributed by atoms with E-state index < -0.39 is 16.0 Å². The highest BCUT2D eigenvalue weighted by Gasteiger charge is 2.23. The van der Waals surface area contributed by atoms with E-state index in [2.05, 4.69) is 0 Å². The lowest BCUT2D eigenvalue weighted by Gasteiger charge is -2.17. The van der Waals surface area contributed by atoms with Crippen LogP contribution in [0.3, 0.4) is 0 Å². The average molecular weight is 353 g/mol. The number of benzene rings is 1. The maximum atomic E-state index is 12.7. The van der Waals surface area contributed by atoms with Gasteiger partial charge in [-0.3, -0.25) is 0 Å². The number of hydrogen-bond donors (Lipinski definition) is 0. The Morgan fingerprint density at radius 3 is 2.65 bits per heavy atom. The quantitative estimate of drug-likeness (QED) is 0.749. The number of carbonyl (C=O) groups is 1. The standard InChI is InChI=1S/C16H19NO4S2/c1-4-21-16(18)13-6-5-7-14(10-13)23(19,20)17(3)11-15-12(2)8-9-22-15/h5-10H,4,11H2,1-3H3. The van der Waals surface area contributed by atoms with Gasteiger partial charge in [0.15, 0.2) is 0 Å². The van der Waals surface area contributed by atoms with Crippen molar-refractivity contribution in [1.29, 1.82) is 0 Å². The van der Waals surface area contributed by atoms with Crippen LogP contribution in [-0.4, -0.2) is 32.3 Å². The highest BCUT2D eigenvalue weighted by atomic mass is 32.2. The van der Waals surface area contributed by atoms with Gasteiger partial charge in [-0.1, -0.05) is 6.07 Å². The van der Waals surface area contributed by atoms with Gasteiger partial charge in [0.2, 0.25) is 10.0 Å². The van der Waals surface area contributed by atoms with Gasteiger partial charge in [-0.15, -0.1) is 11.3 Å². The summed E-state index contributed by atoms with van der Waals surface area (Å²) >= 11 is 1.52. The van der Waals surface area contributed by atoms with E-state index in [1.54, 1.807) is 19.1 Å². The largest absolute Gasteiger partial charge is 0.462 e. The molecule has 0 spiro atoms. The molecule has 7 heteroatoms. The summed E-state index contributed by atoms with van der Waals surface area (Å²) in [6.45, 7) is 4.20. The third-order valence-electron chi connectivity index (χ3n) is 3.39. The predicted octanol–water partition coefficient (Wildman–Crippen LogP) is 3.05. The molecule has 0 bridgehead atoms. The van der Waals surface area contributed by atoms with Crippen LogP contribution in [0.1, 0.15) is 27.7 Å². The van der Waals surface area contributed by atoms with Crippen LogP contribution in [0.4, 0.5) is 0 Å².